The first-order chi connectivity index (χ1) is 12.7. The molecule has 0 amide bonds. The van der Waals surface area contributed by atoms with Crippen LogP contribution in [0.2, 0.25) is 0 Å². The molecule has 1 aromatic carbocycles. The van der Waals surface area contributed by atoms with Gasteiger partial charge in [-0.05, 0) is 56.3 Å². The fraction of sp³-hybridized carbons (Fsp3) is 0.600. The molecule has 1 N–H and O–H groups in total. The summed E-state index contributed by atoms with van der Waals surface area (Å²) in [6, 6.07) is 8.45. The molecule has 0 radical (unpaired) electrons. The smallest absolute Gasteiger partial charge is 0.158 e. The van der Waals surface area contributed by atoms with Gasteiger partial charge < -0.3 is 19.3 Å². The Bertz CT molecular complexity index is 737. The Morgan fingerprint density at radius 2 is 1.96 bits per heavy atom. The normalized spacial score (nSPS) is 21.8. The maximum Gasteiger partial charge on any atom is 0.158 e. The van der Waals surface area contributed by atoms with Gasteiger partial charge in [0.2, 0.25) is 0 Å². The van der Waals surface area contributed by atoms with Gasteiger partial charge in [-0.2, -0.15) is 0 Å². The standard InChI is InChI=1S/C20H28N4O2/c1-23-19(14-25)21-22-20(23)16-6-9-24(10-7-16)13-15-8-11-26-18-5-3-2-4-17(18)12-15/h2-5,15-16,25H,6-14H2,1H3/t15-/m0/s1. The Morgan fingerprint density at radius 1 is 1.15 bits per heavy atom. The quantitative estimate of drug-likeness (QED) is 0.909. The number of rotatable bonds is 4. The number of ether oxygens (including phenoxy) is 1. The number of likely N-dealkylation sites (tertiary alicyclic amines) is 1. The molecule has 4 rings (SSSR count). The highest BCUT2D eigenvalue weighted by Crippen LogP contribution is 2.30. The number of fused-ring (bicyclic) bond motifs is 1. The monoisotopic (exact) mass is 356 g/mol. The molecule has 1 fully saturated rings. The van der Waals surface area contributed by atoms with Crippen LogP contribution in [0.5, 0.6) is 5.75 Å². The van der Waals surface area contributed by atoms with Crippen molar-refractivity contribution >= 4 is 0 Å². The summed E-state index contributed by atoms with van der Waals surface area (Å²) in [6.07, 6.45) is 4.45. The van der Waals surface area contributed by atoms with Gasteiger partial charge in [-0.25, -0.2) is 0 Å². The van der Waals surface area contributed by atoms with Crippen LogP contribution < -0.4 is 4.74 Å². The summed E-state index contributed by atoms with van der Waals surface area (Å²) in [5.74, 6) is 3.84. The maximum absolute atomic E-state index is 9.31. The Balaban J connectivity index is 1.33. The van der Waals surface area contributed by atoms with Crippen LogP contribution in [0.25, 0.3) is 0 Å². The summed E-state index contributed by atoms with van der Waals surface area (Å²) in [7, 11) is 1.95. The second-order valence-electron chi connectivity index (χ2n) is 7.58. The molecule has 1 aromatic heterocycles. The van der Waals surface area contributed by atoms with Gasteiger partial charge in [0, 0.05) is 19.5 Å². The number of hydrogen-bond donors (Lipinski definition) is 1. The fourth-order valence-corrected chi connectivity index (χ4v) is 4.33. The molecule has 2 aromatic rings. The lowest BCUT2D eigenvalue weighted by Gasteiger charge is -2.33. The zero-order valence-electron chi connectivity index (χ0n) is 15.5. The van der Waals surface area contributed by atoms with Gasteiger partial charge in [-0.1, -0.05) is 18.2 Å². The number of hydrogen-bond acceptors (Lipinski definition) is 5. The molecule has 26 heavy (non-hydrogen) atoms. The molecule has 0 aliphatic carbocycles. The molecule has 1 atom stereocenters. The van der Waals surface area contributed by atoms with Crippen LogP contribution in [-0.2, 0) is 20.1 Å². The van der Waals surface area contributed by atoms with Crippen LogP contribution in [0.15, 0.2) is 24.3 Å². The molecule has 0 bridgehead atoms. The number of para-hydroxylation sites is 1. The van der Waals surface area contributed by atoms with Crippen molar-refractivity contribution in [2.24, 2.45) is 13.0 Å². The van der Waals surface area contributed by atoms with E-state index < -0.39 is 0 Å². The van der Waals surface area contributed by atoms with E-state index in [1.165, 1.54) is 5.56 Å². The van der Waals surface area contributed by atoms with Crippen molar-refractivity contribution in [1.82, 2.24) is 19.7 Å². The van der Waals surface area contributed by atoms with Crippen LogP contribution in [0.3, 0.4) is 0 Å². The summed E-state index contributed by atoms with van der Waals surface area (Å²) in [4.78, 5) is 2.60. The lowest BCUT2D eigenvalue weighted by atomic mass is 9.92. The Labute approximate surface area is 154 Å². The highest BCUT2D eigenvalue weighted by Gasteiger charge is 2.27. The van der Waals surface area contributed by atoms with Gasteiger partial charge in [0.25, 0.3) is 0 Å². The highest BCUT2D eigenvalue weighted by molar-refractivity contribution is 5.34. The predicted molar refractivity (Wildman–Crippen MR) is 99.1 cm³/mol. The Kier molecular flexibility index (Phi) is 5.22. The zero-order chi connectivity index (χ0) is 17.9. The van der Waals surface area contributed by atoms with Crippen molar-refractivity contribution < 1.29 is 9.84 Å². The summed E-state index contributed by atoms with van der Waals surface area (Å²) < 4.78 is 7.87. The molecule has 0 saturated carbocycles. The molecule has 6 heteroatoms. The van der Waals surface area contributed by atoms with Gasteiger partial charge in [0.15, 0.2) is 5.82 Å². The van der Waals surface area contributed by atoms with Gasteiger partial charge in [0.1, 0.15) is 18.2 Å². The van der Waals surface area contributed by atoms with E-state index in [4.69, 9.17) is 4.74 Å². The van der Waals surface area contributed by atoms with Crippen LogP contribution in [0.1, 0.15) is 42.4 Å². The first-order valence-corrected chi connectivity index (χ1v) is 9.66. The van der Waals surface area contributed by atoms with E-state index in [0.29, 0.717) is 17.7 Å². The molecule has 0 unspecified atom stereocenters. The van der Waals surface area contributed by atoms with Gasteiger partial charge in [-0.15, -0.1) is 10.2 Å². The lowest BCUT2D eigenvalue weighted by molar-refractivity contribution is 0.169. The van der Waals surface area contributed by atoms with E-state index in [-0.39, 0.29) is 6.61 Å². The average Bonchev–Trinajstić information content (AvgIpc) is 2.91. The van der Waals surface area contributed by atoms with Crippen molar-refractivity contribution in [2.75, 3.05) is 26.2 Å². The van der Waals surface area contributed by atoms with Crippen molar-refractivity contribution in [2.45, 2.75) is 38.2 Å². The predicted octanol–water partition coefficient (Wildman–Crippen LogP) is 2.13. The maximum atomic E-state index is 9.31. The molecule has 2 aliphatic heterocycles. The first-order valence-electron chi connectivity index (χ1n) is 9.66. The molecule has 2 aliphatic rings. The minimum absolute atomic E-state index is 0.0480. The Hall–Kier alpha value is -1.92. The summed E-state index contributed by atoms with van der Waals surface area (Å²) >= 11 is 0. The van der Waals surface area contributed by atoms with E-state index in [1.807, 2.05) is 11.6 Å². The van der Waals surface area contributed by atoms with Crippen LogP contribution in [0, 0.1) is 5.92 Å². The molecule has 0 spiro atoms. The third-order valence-corrected chi connectivity index (χ3v) is 5.87. The Morgan fingerprint density at radius 3 is 2.73 bits per heavy atom. The van der Waals surface area contributed by atoms with Gasteiger partial charge >= 0.3 is 0 Å². The average molecular weight is 356 g/mol. The van der Waals surface area contributed by atoms with Crippen molar-refractivity contribution in [3.8, 4) is 5.75 Å². The van der Waals surface area contributed by atoms with Crippen molar-refractivity contribution in [1.29, 1.82) is 0 Å². The van der Waals surface area contributed by atoms with E-state index >= 15 is 0 Å². The van der Waals surface area contributed by atoms with Gasteiger partial charge in [-0.3, -0.25) is 0 Å². The number of aromatic nitrogens is 3. The number of nitrogens with zero attached hydrogens (tertiary/aromatic N) is 4. The summed E-state index contributed by atoms with van der Waals surface area (Å²) in [5, 5.41) is 17.7. The number of piperidine rings is 1. The highest BCUT2D eigenvalue weighted by atomic mass is 16.5. The summed E-state index contributed by atoms with van der Waals surface area (Å²) in [5.41, 5.74) is 1.35. The topological polar surface area (TPSA) is 63.4 Å². The van der Waals surface area contributed by atoms with Gasteiger partial charge in [0.05, 0.1) is 6.61 Å². The fourth-order valence-electron chi connectivity index (χ4n) is 4.33. The minimum Gasteiger partial charge on any atom is -0.493 e. The molecule has 140 valence electrons. The van der Waals surface area contributed by atoms with Crippen LogP contribution in [-0.4, -0.2) is 51.0 Å². The number of aliphatic hydroxyl groups is 1. The third kappa shape index (κ3) is 3.62. The molecular weight excluding hydrogens is 328 g/mol. The van der Waals surface area contributed by atoms with E-state index in [2.05, 4.69) is 39.4 Å². The lowest BCUT2D eigenvalue weighted by Crippen LogP contribution is -2.37. The molecule has 6 nitrogen and oxygen atoms in total. The minimum atomic E-state index is -0.0480. The third-order valence-electron chi connectivity index (χ3n) is 5.87. The largest absolute Gasteiger partial charge is 0.493 e. The van der Waals surface area contributed by atoms with E-state index in [1.54, 1.807) is 0 Å². The summed E-state index contributed by atoms with van der Waals surface area (Å²) in [6.45, 7) is 4.12. The first kappa shape index (κ1) is 17.5. The van der Waals surface area contributed by atoms with Crippen LogP contribution >= 0.6 is 0 Å². The molecular formula is C20H28N4O2. The second-order valence-corrected chi connectivity index (χ2v) is 7.58. The molecule has 3 heterocycles. The van der Waals surface area contributed by atoms with Crippen molar-refractivity contribution in [3.63, 3.8) is 0 Å². The zero-order valence-corrected chi connectivity index (χ0v) is 15.5. The second kappa shape index (κ2) is 7.76. The van der Waals surface area contributed by atoms with Crippen LogP contribution in [0.4, 0.5) is 0 Å². The molecule has 1 saturated heterocycles. The van der Waals surface area contributed by atoms with Crippen molar-refractivity contribution in [3.05, 3.63) is 41.5 Å². The van der Waals surface area contributed by atoms with E-state index in [0.717, 1.165) is 63.5 Å². The SMILES string of the molecule is Cn1c(CO)nnc1C1CCN(C[C@H]2CCOc3ccccc3C2)CC1. The number of aliphatic hydroxyl groups excluding tert-OH is 1. The van der Waals surface area contributed by atoms with E-state index in [9.17, 15) is 5.11 Å². The number of benzene rings is 1.